The minimum absolute atomic E-state index is 0.208. The molecular weight excluding hydrogens is 452 g/mol. The molecule has 33 heavy (non-hydrogen) atoms. The van der Waals surface area contributed by atoms with Gasteiger partial charge >= 0.3 is 6.09 Å². The SMILES string of the molecule is N#CCC1(CCc2ccc(Sc3cccc(C=Cc4ccccc4)c3)cc2Cl)COC(=O)N1. The predicted molar refractivity (Wildman–Crippen MR) is 133 cm³/mol. The molecule has 1 amide bonds. The van der Waals surface area contributed by atoms with Gasteiger partial charge in [0.15, 0.2) is 0 Å². The van der Waals surface area contributed by atoms with Gasteiger partial charge in [0.05, 0.1) is 18.0 Å². The molecule has 0 saturated carbocycles. The maximum atomic E-state index is 11.5. The van der Waals surface area contributed by atoms with Crippen LogP contribution in [0.25, 0.3) is 12.2 Å². The van der Waals surface area contributed by atoms with Crippen LogP contribution in [-0.2, 0) is 11.2 Å². The molecule has 4 rings (SSSR count). The van der Waals surface area contributed by atoms with Crippen LogP contribution < -0.4 is 5.32 Å². The van der Waals surface area contributed by atoms with Crippen molar-refractivity contribution < 1.29 is 9.53 Å². The molecular formula is C27H23ClN2O2S. The van der Waals surface area contributed by atoms with Crippen molar-refractivity contribution in [2.45, 2.75) is 34.6 Å². The number of nitrogens with zero attached hydrogens (tertiary/aromatic N) is 1. The third-order valence-electron chi connectivity index (χ3n) is 5.52. The van der Waals surface area contributed by atoms with Crippen LogP contribution in [0.1, 0.15) is 29.5 Å². The summed E-state index contributed by atoms with van der Waals surface area (Å²) in [4.78, 5) is 13.7. The van der Waals surface area contributed by atoms with E-state index in [2.05, 4.69) is 66.0 Å². The molecule has 0 bridgehead atoms. The number of alkyl carbamates (subject to hydrolysis) is 1. The summed E-state index contributed by atoms with van der Waals surface area (Å²) in [6, 6.07) is 26.8. The molecule has 6 heteroatoms. The van der Waals surface area contributed by atoms with Crippen molar-refractivity contribution in [2.24, 2.45) is 0 Å². The van der Waals surface area contributed by atoms with E-state index in [-0.39, 0.29) is 13.0 Å². The van der Waals surface area contributed by atoms with Crippen molar-refractivity contribution in [3.05, 3.63) is 94.5 Å². The average Bonchev–Trinajstić information content (AvgIpc) is 3.19. The number of cyclic esters (lactones) is 1. The molecule has 1 fully saturated rings. The van der Waals surface area contributed by atoms with Gasteiger partial charge in [-0.3, -0.25) is 0 Å². The molecule has 1 heterocycles. The van der Waals surface area contributed by atoms with Crippen molar-refractivity contribution in [1.82, 2.24) is 5.32 Å². The molecule has 0 spiro atoms. The lowest BCUT2D eigenvalue weighted by Crippen LogP contribution is -2.43. The average molecular weight is 475 g/mol. The zero-order valence-electron chi connectivity index (χ0n) is 18.0. The van der Waals surface area contributed by atoms with Gasteiger partial charge < -0.3 is 10.1 Å². The van der Waals surface area contributed by atoms with E-state index in [0.717, 1.165) is 20.9 Å². The summed E-state index contributed by atoms with van der Waals surface area (Å²) in [6.07, 6.45) is 5.19. The second-order valence-corrected chi connectivity index (χ2v) is 9.54. The summed E-state index contributed by atoms with van der Waals surface area (Å²) >= 11 is 8.23. The van der Waals surface area contributed by atoms with Gasteiger partial charge in [-0.15, -0.1) is 0 Å². The molecule has 1 aliphatic heterocycles. The summed E-state index contributed by atoms with van der Waals surface area (Å²) in [5, 5.41) is 12.6. The van der Waals surface area contributed by atoms with Crippen LogP contribution in [0.5, 0.6) is 0 Å². The highest BCUT2D eigenvalue weighted by atomic mass is 35.5. The first-order valence-electron chi connectivity index (χ1n) is 10.7. The Labute approximate surface area is 203 Å². The topological polar surface area (TPSA) is 62.1 Å². The van der Waals surface area contributed by atoms with Gasteiger partial charge in [0.25, 0.3) is 0 Å². The van der Waals surface area contributed by atoms with E-state index >= 15 is 0 Å². The minimum Gasteiger partial charge on any atom is -0.447 e. The van der Waals surface area contributed by atoms with E-state index in [0.29, 0.717) is 17.9 Å². The van der Waals surface area contributed by atoms with Crippen molar-refractivity contribution >= 4 is 41.6 Å². The molecule has 1 atom stereocenters. The number of nitriles is 1. The highest BCUT2D eigenvalue weighted by Crippen LogP contribution is 2.33. The maximum Gasteiger partial charge on any atom is 0.407 e. The second kappa shape index (κ2) is 10.6. The predicted octanol–water partition coefficient (Wildman–Crippen LogP) is 6.99. The number of benzene rings is 3. The first kappa shape index (κ1) is 23.0. The van der Waals surface area contributed by atoms with Crippen molar-refractivity contribution in [3.63, 3.8) is 0 Å². The highest BCUT2D eigenvalue weighted by molar-refractivity contribution is 7.99. The van der Waals surface area contributed by atoms with E-state index in [9.17, 15) is 4.79 Å². The Morgan fingerprint density at radius 3 is 2.52 bits per heavy atom. The molecule has 3 aromatic carbocycles. The number of amides is 1. The summed E-state index contributed by atoms with van der Waals surface area (Å²) < 4.78 is 5.04. The Morgan fingerprint density at radius 1 is 1.03 bits per heavy atom. The second-order valence-electron chi connectivity index (χ2n) is 7.99. The molecule has 1 saturated heterocycles. The van der Waals surface area contributed by atoms with E-state index < -0.39 is 11.6 Å². The molecule has 0 aromatic heterocycles. The lowest BCUT2D eigenvalue weighted by molar-refractivity contribution is 0.171. The first-order valence-corrected chi connectivity index (χ1v) is 11.9. The van der Waals surface area contributed by atoms with Gasteiger partial charge in [-0.25, -0.2) is 4.79 Å². The number of aryl methyl sites for hydroxylation is 1. The summed E-state index contributed by atoms with van der Waals surface area (Å²) in [7, 11) is 0. The van der Waals surface area contributed by atoms with Gasteiger partial charge in [-0.05, 0) is 53.8 Å². The molecule has 0 radical (unpaired) electrons. The molecule has 166 valence electrons. The Balaban J connectivity index is 1.41. The number of rotatable bonds is 8. The molecule has 1 N–H and O–H groups in total. The van der Waals surface area contributed by atoms with Gasteiger partial charge in [-0.2, -0.15) is 5.26 Å². The zero-order chi connectivity index (χ0) is 23.1. The number of carbonyl (C=O) groups excluding carboxylic acids is 1. The molecule has 3 aromatic rings. The van der Waals surface area contributed by atoms with Crippen LogP contribution in [0, 0.1) is 11.3 Å². The fraction of sp³-hybridized carbons (Fsp3) is 0.185. The maximum absolute atomic E-state index is 11.5. The summed E-state index contributed by atoms with van der Waals surface area (Å²) in [5.74, 6) is 0. The number of halogens is 1. The number of hydrogen-bond donors (Lipinski definition) is 1. The monoisotopic (exact) mass is 474 g/mol. The van der Waals surface area contributed by atoms with E-state index in [1.165, 1.54) is 5.56 Å². The Bertz CT molecular complexity index is 1210. The van der Waals surface area contributed by atoms with Crippen LogP contribution >= 0.6 is 23.4 Å². The van der Waals surface area contributed by atoms with Crippen LogP contribution in [0.15, 0.2) is 82.6 Å². The van der Waals surface area contributed by atoms with Gasteiger partial charge in [0.2, 0.25) is 0 Å². The standard InChI is InChI=1S/C27H23ClN2O2S/c28-25-18-24(12-11-22(25)13-14-27(15-16-29)19-32-26(31)30-27)33-23-8-4-7-21(17-23)10-9-20-5-2-1-3-6-20/h1-12,17-18H,13-15,19H2,(H,30,31). The first-order chi connectivity index (χ1) is 16.0. The van der Waals surface area contributed by atoms with Crippen LogP contribution in [0.2, 0.25) is 5.02 Å². The zero-order valence-corrected chi connectivity index (χ0v) is 19.5. The fourth-order valence-corrected chi connectivity index (χ4v) is 4.97. The normalized spacial score (nSPS) is 17.5. The number of carbonyl (C=O) groups is 1. The number of hydrogen-bond acceptors (Lipinski definition) is 4. The molecule has 1 aliphatic rings. The van der Waals surface area contributed by atoms with Crippen molar-refractivity contribution in [3.8, 4) is 6.07 Å². The van der Waals surface area contributed by atoms with Crippen LogP contribution in [-0.4, -0.2) is 18.2 Å². The van der Waals surface area contributed by atoms with E-state index in [4.69, 9.17) is 21.6 Å². The fourth-order valence-electron chi connectivity index (χ4n) is 3.70. The number of ether oxygens (including phenoxy) is 1. The Morgan fingerprint density at radius 2 is 1.79 bits per heavy atom. The lowest BCUT2D eigenvalue weighted by atomic mass is 9.90. The van der Waals surface area contributed by atoms with Crippen molar-refractivity contribution in [1.29, 1.82) is 5.26 Å². The van der Waals surface area contributed by atoms with Gasteiger partial charge in [0.1, 0.15) is 6.61 Å². The quantitative estimate of drug-likeness (QED) is 0.357. The summed E-state index contributed by atoms with van der Waals surface area (Å²) in [6.45, 7) is 0.208. The lowest BCUT2D eigenvalue weighted by Gasteiger charge is -2.23. The largest absolute Gasteiger partial charge is 0.447 e. The van der Waals surface area contributed by atoms with E-state index in [1.807, 2.05) is 30.3 Å². The van der Waals surface area contributed by atoms with Gasteiger partial charge in [-0.1, -0.05) is 84.0 Å². The molecule has 1 unspecified atom stereocenters. The molecule has 4 nitrogen and oxygen atoms in total. The third kappa shape index (κ3) is 6.19. The van der Waals surface area contributed by atoms with Gasteiger partial charge in [0, 0.05) is 14.8 Å². The molecule has 0 aliphatic carbocycles. The Kier molecular flexibility index (Phi) is 7.39. The Hall–Kier alpha value is -3.20. The van der Waals surface area contributed by atoms with E-state index in [1.54, 1.807) is 11.8 Å². The van der Waals surface area contributed by atoms with Crippen LogP contribution in [0.3, 0.4) is 0 Å². The minimum atomic E-state index is -0.643. The highest BCUT2D eigenvalue weighted by Gasteiger charge is 2.39. The number of nitrogens with one attached hydrogen (secondary N) is 1. The third-order valence-corrected chi connectivity index (χ3v) is 6.85. The van der Waals surface area contributed by atoms with Crippen molar-refractivity contribution in [2.75, 3.05) is 6.61 Å². The van der Waals surface area contributed by atoms with Crippen LogP contribution in [0.4, 0.5) is 4.79 Å². The smallest absolute Gasteiger partial charge is 0.407 e. The summed E-state index contributed by atoms with van der Waals surface area (Å²) in [5.41, 5.74) is 2.64.